The average molecular weight is 388 g/mol. The van der Waals surface area contributed by atoms with E-state index in [4.69, 9.17) is 1.37 Å². The molecule has 0 atom stereocenters. The van der Waals surface area contributed by atoms with Crippen molar-refractivity contribution < 1.29 is 5.94 Å². The lowest BCUT2D eigenvalue weighted by Gasteiger charge is -2.24. The third kappa shape index (κ3) is 3.72. The van der Waals surface area contributed by atoms with E-state index in [-0.39, 0.29) is 0 Å². The van der Waals surface area contributed by atoms with Gasteiger partial charge in [0.2, 0.25) is 5.69 Å². The Balaban J connectivity index is 2.00. The second-order valence-electron chi connectivity index (χ2n) is 9.42. The molecule has 0 aliphatic heterocycles. The van der Waals surface area contributed by atoms with Crippen LogP contribution in [0.1, 0.15) is 87.1 Å². The Labute approximate surface area is 178 Å². The second kappa shape index (κ2) is 7.94. The van der Waals surface area contributed by atoms with E-state index in [0.717, 1.165) is 11.1 Å². The van der Waals surface area contributed by atoms with Crippen LogP contribution in [0.5, 0.6) is 0 Å². The van der Waals surface area contributed by atoms with Gasteiger partial charge < -0.3 is 0 Å². The van der Waals surface area contributed by atoms with Gasteiger partial charge in [0, 0.05) is 13.0 Å². The summed E-state index contributed by atoms with van der Waals surface area (Å²) in [7, 11) is 2.13. The first-order valence-electron chi connectivity index (χ1n) is 11.8. The number of hydrogen-bond donors (Lipinski definition) is 0. The molecule has 1 aliphatic carbocycles. The summed E-state index contributed by atoms with van der Waals surface area (Å²) in [6.07, 6.45) is 6.73. The molecule has 1 fully saturated rings. The van der Waals surface area contributed by atoms with Crippen LogP contribution in [0.2, 0.25) is 0 Å². The normalized spacial score (nSPS) is 15.9. The van der Waals surface area contributed by atoms with Crippen LogP contribution in [-0.4, -0.2) is 0 Å². The molecule has 1 heterocycles. The second-order valence-corrected chi connectivity index (χ2v) is 9.42. The van der Waals surface area contributed by atoms with Gasteiger partial charge >= 0.3 is 0 Å². The lowest BCUT2D eigenvalue weighted by atomic mass is 9.81. The number of rotatable bonds is 3. The van der Waals surface area contributed by atoms with Crippen LogP contribution in [0.15, 0.2) is 36.4 Å². The largest absolute Gasteiger partial charge is 0.220 e. The number of benzene rings is 2. The molecule has 0 amide bonds. The molecule has 152 valence electrons. The topological polar surface area (TPSA) is 3.88 Å². The van der Waals surface area contributed by atoms with Gasteiger partial charge in [0.05, 0.1) is 12.3 Å². The molecular formula is C28H36N+. The van der Waals surface area contributed by atoms with E-state index in [0.29, 0.717) is 17.9 Å². The molecule has 2 aromatic carbocycles. The quantitative estimate of drug-likeness (QED) is 0.411. The molecule has 0 N–H and O–H groups in total. The van der Waals surface area contributed by atoms with Gasteiger partial charge in [0.1, 0.15) is 7.05 Å². The molecule has 4 rings (SSSR count). The Hall–Kier alpha value is -2.15. The Morgan fingerprint density at radius 2 is 1.72 bits per heavy atom. The maximum absolute atomic E-state index is 8.80. The fraction of sp³-hybridized carbons (Fsp3) is 0.464. The third-order valence-corrected chi connectivity index (χ3v) is 7.14. The van der Waals surface area contributed by atoms with E-state index < -0.39 is 0 Å². The molecule has 1 heteroatoms. The monoisotopic (exact) mass is 387 g/mol. The van der Waals surface area contributed by atoms with Crippen molar-refractivity contribution >= 4 is 10.8 Å². The van der Waals surface area contributed by atoms with E-state index >= 15 is 0 Å². The highest BCUT2D eigenvalue weighted by molar-refractivity contribution is 5.94. The van der Waals surface area contributed by atoms with Crippen LogP contribution in [-0.2, 0) is 7.05 Å². The van der Waals surface area contributed by atoms with Crippen LogP contribution < -0.4 is 4.57 Å². The summed E-state index contributed by atoms with van der Waals surface area (Å²) in [5.41, 5.74) is 9.17. The van der Waals surface area contributed by atoms with Crippen molar-refractivity contribution in [3.63, 3.8) is 0 Å². The van der Waals surface area contributed by atoms with Crippen molar-refractivity contribution in [2.75, 3.05) is 0 Å². The van der Waals surface area contributed by atoms with E-state index in [1.54, 1.807) is 0 Å². The van der Waals surface area contributed by atoms with Crippen LogP contribution in [0.3, 0.4) is 0 Å². The third-order valence-electron chi connectivity index (χ3n) is 7.14. The highest BCUT2D eigenvalue weighted by Gasteiger charge is 2.24. The van der Waals surface area contributed by atoms with Gasteiger partial charge in [0.25, 0.3) is 0 Å². The molecular weight excluding hydrogens is 350 g/mol. The van der Waals surface area contributed by atoms with Gasteiger partial charge in [-0.15, -0.1) is 0 Å². The molecule has 0 saturated heterocycles. The van der Waals surface area contributed by atoms with Gasteiger partial charge in [-0.3, -0.25) is 0 Å². The number of pyridine rings is 1. The predicted octanol–water partition coefficient (Wildman–Crippen LogP) is 7.43. The standard InChI is InChI=1S/C28H36N/c1-18(2)23-12-13-26-25(16-23)15-20(4)29(6)28(26)27-17-24(14-19(3)21(27)5)22-10-8-7-9-11-22/h12-18,22H,7-11H2,1-6H3/q+1/i15D. The molecule has 0 bridgehead atoms. The summed E-state index contributed by atoms with van der Waals surface area (Å²) < 4.78 is 11.0. The summed E-state index contributed by atoms with van der Waals surface area (Å²) >= 11 is 0. The predicted molar refractivity (Wildman–Crippen MR) is 125 cm³/mol. The Bertz CT molecular complexity index is 1100. The molecule has 1 aliphatic rings. The summed E-state index contributed by atoms with van der Waals surface area (Å²) in [6, 6.07) is 12.3. The lowest BCUT2D eigenvalue weighted by Crippen LogP contribution is -2.35. The van der Waals surface area contributed by atoms with E-state index in [9.17, 15) is 0 Å². The summed E-state index contributed by atoms with van der Waals surface area (Å²) in [4.78, 5) is 0. The molecule has 0 spiro atoms. The highest BCUT2D eigenvalue weighted by atomic mass is 14.9. The van der Waals surface area contributed by atoms with Crippen LogP contribution in [0.25, 0.3) is 22.0 Å². The van der Waals surface area contributed by atoms with Crippen molar-refractivity contribution in [2.45, 2.75) is 78.6 Å². The number of nitrogens with zero attached hydrogens (tertiary/aromatic N) is 1. The van der Waals surface area contributed by atoms with Crippen LogP contribution in [0, 0.1) is 20.8 Å². The van der Waals surface area contributed by atoms with Crippen LogP contribution in [0.4, 0.5) is 0 Å². The van der Waals surface area contributed by atoms with Crippen molar-refractivity contribution in [2.24, 2.45) is 7.05 Å². The number of aromatic nitrogens is 1. The average Bonchev–Trinajstić information content (AvgIpc) is 2.75. The maximum atomic E-state index is 8.80. The molecule has 3 aromatic rings. The van der Waals surface area contributed by atoms with E-state index in [1.807, 2.05) is 0 Å². The Morgan fingerprint density at radius 3 is 2.41 bits per heavy atom. The Morgan fingerprint density at radius 1 is 1.00 bits per heavy atom. The first-order valence-corrected chi connectivity index (χ1v) is 11.3. The van der Waals surface area contributed by atoms with Gasteiger partial charge in [-0.05, 0) is 78.3 Å². The van der Waals surface area contributed by atoms with Gasteiger partial charge in [0.15, 0.2) is 5.69 Å². The zero-order valence-corrected chi connectivity index (χ0v) is 19.0. The van der Waals surface area contributed by atoms with Gasteiger partial charge in [-0.1, -0.05) is 51.3 Å². The smallest absolute Gasteiger partial charge is 0.198 e. The minimum Gasteiger partial charge on any atom is -0.198 e. The first-order chi connectivity index (χ1) is 14.3. The van der Waals surface area contributed by atoms with Crippen molar-refractivity contribution in [3.8, 4) is 11.3 Å². The lowest BCUT2D eigenvalue weighted by molar-refractivity contribution is -0.665. The number of aryl methyl sites for hydroxylation is 1. The fourth-order valence-corrected chi connectivity index (χ4v) is 4.99. The summed E-state index contributed by atoms with van der Waals surface area (Å²) in [6.45, 7) is 11.1. The van der Waals surface area contributed by atoms with Gasteiger partial charge in [-0.25, -0.2) is 0 Å². The van der Waals surface area contributed by atoms with Gasteiger partial charge in [-0.2, -0.15) is 4.57 Å². The zero-order chi connectivity index (χ0) is 21.6. The summed E-state index contributed by atoms with van der Waals surface area (Å²) in [5.74, 6) is 1.16. The molecule has 1 nitrogen and oxygen atoms in total. The van der Waals surface area contributed by atoms with Crippen molar-refractivity contribution in [1.29, 1.82) is 0 Å². The molecule has 1 aromatic heterocycles. The maximum Gasteiger partial charge on any atom is 0.220 e. The minimum absolute atomic E-state index is 0.463. The zero-order valence-electron chi connectivity index (χ0n) is 20.0. The Kier molecular flexibility index (Phi) is 5.16. The van der Waals surface area contributed by atoms with Crippen LogP contribution >= 0.6 is 0 Å². The van der Waals surface area contributed by atoms with Crippen molar-refractivity contribution in [1.82, 2.24) is 0 Å². The van der Waals surface area contributed by atoms with Crippen molar-refractivity contribution in [3.05, 3.63) is 64.3 Å². The molecule has 1 saturated carbocycles. The molecule has 0 unspecified atom stereocenters. The summed E-state index contributed by atoms with van der Waals surface area (Å²) in [5, 5.41) is 2.27. The molecule has 29 heavy (non-hydrogen) atoms. The SMILES string of the molecule is [2H]c1c(C)[n+](C)c(-c2cc(C3CCCCC3)cc(C)c2C)c2ccc(C(C)C)cc12. The highest BCUT2D eigenvalue weighted by Crippen LogP contribution is 2.38. The molecule has 0 radical (unpaired) electrons. The van der Waals surface area contributed by atoms with E-state index in [2.05, 4.69) is 76.6 Å². The fourth-order valence-electron chi connectivity index (χ4n) is 4.99. The first kappa shape index (κ1) is 18.9. The number of fused-ring (bicyclic) bond motifs is 1. The van der Waals surface area contributed by atoms with E-state index in [1.165, 1.54) is 71.0 Å². The minimum atomic E-state index is 0.463. The number of hydrogen-bond acceptors (Lipinski definition) is 0.